The van der Waals surface area contributed by atoms with Crippen molar-refractivity contribution in [3.05, 3.63) is 24.1 Å². The highest BCUT2D eigenvalue weighted by Crippen LogP contribution is 2.23. The van der Waals surface area contributed by atoms with Gasteiger partial charge in [-0.15, -0.1) is 11.6 Å². The molecule has 0 amide bonds. The van der Waals surface area contributed by atoms with Crippen LogP contribution < -0.4 is 5.32 Å². The number of aryl methyl sites for hydroxylation is 1. The minimum atomic E-state index is -0.565. The molecule has 0 aliphatic rings. The summed E-state index contributed by atoms with van der Waals surface area (Å²) in [6.07, 6.45) is -0.565. The first-order chi connectivity index (χ1) is 7.70. The minimum absolute atomic E-state index is 0.209. The Bertz CT molecular complexity index is 484. The Labute approximate surface area is 98.2 Å². The Hall–Kier alpha value is -1.26. The van der Waals surface area contributed by atoms with Gasteiger partial charge in [-0.05, 0) is 12.1 Å². The van der Waals surface area contributed by atoms with E-state index in [-0.39, 0.29) is 5.88 Å². The molecule has 1 aromatic carbocycles. The lowest BCUT2D eigenvalue weighted by Gasteiger charge is -2.09. The highest BCUT2D eigenvalue weighted by Gasteiger charge is 2.08. The van der Waals surface area contributed by atoms with E-state index in [4.69, 9.17) is 16.0 Å². The van der Waals surface area contributed by atoms with Crippen molar-refractivity contribution in [2.24, 2.45) is 0 Å². The predicted molar refractivity (Wildman–Crippen MR) is 64.0 cm³/mol. The predicted octanol–water partition coefficient (Wildman–Crippen LogP) is 2.15. The SMILES string of the molecule is Cc1nc2c(NCC(O)CCl)cccc2o1. The number of oxazole rings is 1. The second-order valence-corrected chi connectivity index (χ2v) is 3.88. The molecule has 1 atom stereocenters. The van der Waals surface area contributed by atoms with Gasteiger partial charge in [-0.1, -0.05) is 6.07 Å². The number of aliphatic hydroxyl groups excluding tert-OH is 1. The van der Waals surface area contributed by atoms with Crippen LogP contribution in [0.3, 0.4) is 0 Å². The topological polar surface area (TPSA) is 58.3 Å². The summed E-state index contributed by atoms with van der Waals surface area (Å²) in [5.74, 6) is 0.836. The molecule has 86 valence electrons. The third-order valence-corrected chi connectivity index (χ3v) is 2.59. The van der Waals surface area contributed by atoms with Gasteiger partial charge in [-0.3, -0.25) is 0 Å². The normalized spacial score (nSPS) is 12.9. The van der Waals surface area contributed by atoms with Crippen LogP contribution in [-0.2, 0) is 0 Å². The van der Waals surface area contributed by atoms with Crippen molar-refractivity contribution < 1.29 is 9.52 Å². The molecule has 5 heteroatoms. The number of aromatic nitrogens is 1. The zero-order chi connectivity index (χ0) is 11.5. The van der Waals surface area contributed by atoms with Gasteiger partial charge >= 0.3 is 0 Å². The molecule has 0 radical (unpaired) electrons. The molecular formula is C11H13ClN2O2. The maximum absolute atomic E-state index is 9.36. The molecule has 2 N–H and O–H groups in total. The summed E-state index contributed by atoms with van der Waals surface area (Å²) in [6, 6.07) is 5.63. The maximum Gasteiger partial charge on any atom is 0.192 e. The maximum atomic E-state index is 9.36. The summed E-state index contributed by atoms with van der Waals surface area (Å²) in [5.41, 5.74) is 2.36. The van der Waals surface area contributed by atoms with Gasteiger partial charge < -0.3 is 14.8 Å². The minimum Gasteiger partial charge on any atom is -0.441 e. The lowest BCUT2D eigenvalue weighted by molar-refractivity contribution is 0.211. The Kier molecular flexibility index (Phi) is 3.31. The Balaban J connectivity index is 2.23. The molecule has 0 aliphatic heterocycles. The molecule has 0 fully saturated rings. The number of nitrogens with one attached hydrogen (secondary N) is 1. The van der Waals surface area contributed by atoms with Crippen LogP contribution in [0.4, 0.5) is 5.69 Å². The average Bonchev–Trinajstić information content (AvgIpc) is 2.66. The fraction of sp³-hybridized carbons (Fsp3) is 0.364. The first-order valence-corrected chi connectivity index (χ1v) is 5.58. The van der Waals surface area contributed by atoms with Crippen molar-refractivity contribution in [2.75, 3.05) is 17.7 Å². The van der Waals surface area contributed by atoms with E-state index in [1.807, 2.05) is 18.2 Å². The van der Waals surface area contributed by atoms with E-state index in [1.165, 1.54) is 0 Å². The van der Waals surface area contributed by atoms with Crippen LogP contribution >= 0.6 is 11.6 Å². The third kappa shape index (κ3) is 2.28. The number of fused-ring (bicyclic) bond motifs is 1. The van der Waals surface area contributed by atoms with E-state index in [0.717, 1.165) is 16.8 Å². The van der Waals surface area contributed by atoms with Crippen LogP contribution in [0.1, 0.15) is 5.89 Å². The van der Waals surface area contributed by atoms with Gasteiger partial charge in [0.05, 0.1) is 17.7 Å². The average molecular weight is 241 g/mol. The van der Waals surface area contributed by atoms with Crippen LogP contribution in [0.5, 0.6) is 0 Å². The standard InChI is InChI=1S/C11H13ClN2O2/c1-7-14-11-9(13-6-8(15)5-12)3-2-4-10(11)16-7/h2-4,8,13,15H,5-6H2,1H3. The fourth-order valence-corrected chi connectivity index (χ4v) is 1.59. The van der Waals surface area contributed by atoms with Crippen LogP contribution in [0, 0.1) is 6.92 Å². The van der Waals surface area contributed by atoms with Crippen LogP contribution in [0.2, 0.25) is 0 Å². The molecule has 0 spiro atoms. The first kappa shape index (κ1) is 11.2. The molecular weight excluding hydrogens is 228 g/mol. The van der Waals surface area contributed by atoms with E-state index < -0.39 is 6.10 Å². The monoisotopic (exact) mass is 240 g/mol. The molecule has 1 unspecified atom stereocenters. The summed E-state index contributed by atoms with van der Waals surface area (Å²) >= 11 is 5.52. The number of nitrogens with zero attached hydrogens (tertiary/aromatic N) is 1. The largest absolute Gasteiger partial charge is 0.441 e. The quantitative estimate of drug-likeness (QED) is 0.804. The lowest BCUT2D eigenvalue weighted by Crippen LogP contribution is -2.20. The van der Waals surface area contributed by atoms with Gasteiger partial charge in [0, 0.05) is 13.5 Å². The number of aliphatic hydroxyl groups is 1. The van der Waals surface area contributed by atoms with Gasteiger partial charge in [-0.2, -0.15) is 0 Å². The Morgan fingerprint density at radius 3 is 3.12 bits per heavy atom. The first-order valence-electron chi connectivity index (χ1n) is 5.04. The van der Waals surface area contributed by atoms with Crippen molar-refractivity contribution in [3.63, 3.8) is 0 Å². The van der Waals surface area contributed by atoms with E-state index in [9.17, 15) is 5.11 Å². The second kappa shape index (κ2) is 4.72. The van der Waals surface area contributed by atoms with E-state index in [0.29, 0.717) is 12.4 Å². The molecule has 4 nitrogen and oxygen atoms in total. The number of hydrogen-bond acceptors (Lipinski definition) is 4. The molecule has 0 saturated carbocycles. The number of rotatable bonds is 4. The molecule has 16 heavy (non-hydrogen) atoms. The van der Waals surface area contributed by atoms with Crippen molar-refractivity contribution in [1.82, 2.24) is 4.98 Å². The smallest absolute Gasteiger partial charge is 0.192 e. The number of anilines is 1. The number of halogens is 1. The zero-order valence-electron chi connectivity index (χ0n) is 8.90. The van der Waals surface area contributed by atoms with Crippen LogP contribution in [-0.4, -0.2) is 28.6 Å². The Morgan fingerprint density at radius 2 is 2.38 bits per heavy atom. The molecule has 1 heterocycles. The molecule has 0 aliphatic carbocycles. The van der Waals surface area contributed by atoms with Gasteiger partial charge in [0.1, 0.15) is 5.52 Å². The number of hydrogen-bond donors (Lipinski definition) is 2. The molecule has 0 bridgehead atoms. The summed E-state index contributed by atoms with van der Waals surface area (Å²) in [6.45, 7) is 2.20. The summed E-state index contributed by atoms with van der Waals surface area (Å²) in [7, 11) is 0. The molecule has 2 aromatic rings. The third-order valence-electron chi connectivity index (χ3n) is 2.23. The van der Waals surface area contributed by atoms with Crippen molar-refractivity contribution in [1.29, 1.82) is 0 Å². The second-order valence-electron chi connectivity index (χ2n) is 3.57. The van der Waals surface area contributed by atoms with Crippen LogP contribution in [0.15, 0.2) is 22.6 Å². The molecule has 0 saturated heterocycles. The summed E-state index contributed by atoms with van der Waals surface area (Å²) in [5, 5.41) is 12.5. The molecule has 1 aromatic heterocycles. The van der Waals surface area contributed by atoms with Crippen molar-refractivity contribution in [2.45, 2.75) is 13.0 Å². The van der Waals surface area contributed by atoms with E-state index in [1.54, 1.807) is 6.92 Å². The fourth-order valence-electron chi connectivity index (χ4n) is 1.48. The zero-order valence-corrected chi connectivity index (χ0v) is 9.66. The van der Waals surface area contributed by atoms with E-state index >= 15 is 0 Å². The van der Waals surface area contributed by atoms with E-state index in [2.05, 4.69) is 10.3 Å². The number of para-hydroxylation sites is 1. The lowest BCUT2D eigenvalue weighted by atomic mass is 10.2. The highest BCUT2D eigenvalue weighted by molar-refractivity contribution is 6.18. The Morgan fingerprint density at radius 1 is 1.56 bits per heavy atom. The number of benzene rings is 1. The number of alkyl halides is 1. The summed E-state index contributed by atoms with van der Waals surface area (Å²) < 4.78 is 5.40. The van der Waals surface area contributed by atoms with Gasteiger partial charge in [0.2, 0.25) is 0 Å². The molecule has 2 rings (SSSR count). The highest BCUT2D eigenvalue weighted by atomic mass is 35.5. The van der Waals surface area contributed by atoms with Gasteiger partial charge in [0.15, 0.2) is 11.5 Å². The van der Waals surface area contributed by atoms with Gasteiger partial charge in [0.25, 0.3) is 0 Å². The van der Waals surface area contributed by atoms with Gasteiger partial charge in [-0.25, -0.2) is 4.98 Å². The van der Waals surface area contributed by atoms with Crippen LogP contribution in [0.25, 0.3) is 11.1 Å². The van der Waals surface area contributed by atoms with Crippen molar-refractivity contribution >= 4 is 28.4 Å². The van der Waals surface area contributed by atoms with Crippen molar-refractivity contribution in [3.8, 4) is 0 Å². The summed E-state index contributed by atoms with van der Waals surface area (Å²) in [4.78, 5) is 4.27.